The van der Waals surface area contributed by atoms with Gasteiger partial charge in [0.25, 0.3) is 5.56 Å². The maximum atomic E-state index is 12.5. The molecular weight excluding hydrogens is 276 g/mol. The zero-order valence-corrected chi connectivity index (χ0v) is 12.2. The van der Waals surface area contributed by atoms with Crippen molar-refractivity contribution >= 4 is 22.5 Å². The molecule has 1 aliphatic rings. The van der Waals surface area contributed by atoms with Crippen LogP contribution in [0, 0.1) is 12.8 Å². The van der Waals surface area contributed by atoms with E-state index in [0.29, 0.717) is 22.9 Å². The van der Waals surface area contributed by atoms with Gasteiger partial charge in [-0.05, 0) is 37.5 Å². The molecule has 0 saturated carbocycles. The van der Waals surface area contributed by atoms with Crippen LogP contribution in [-0.2, 0) is 11.3 Å². The predicted octanol–water partition coefficient (Wildman–Crippen LogP) is 2.78. The Balaban J connectivity index is 2.00. The third kappa shape index (κ3) is 2.58. The van der Waals surface area contributed by atoms with E-state index in [1.807, 2.05) is 13.0 Å². The highest BCUT2D eigenvalue weighted by Crippen LogP contribution is 2.20. The molecular formula is C15H17ClN2O2. The Morgan fingerprint density at radius 1 is 1.50 bits per heavy atom. The van der Waals surface area contributed by atoms with Gasteiger partial charge >= 0.3 is 0 Å². The summed E-state index contributed by atoms with van der Waals surface area (Å²) in [4.78, 5) is 16.9. The molecule has 3 rings (SSSR count). The summed E-state index contributed by atoms with van der Waals surface area (Å²) in [6.45, 7) is 4.13. The summed E-state index contributed by atoms with van der Waals surface area (Å²) < 4.78 is 7.14. The van der Waals surface area contributed by atoms with Gasteiger partial charge in [0.2, 0.25) is 0 Å². The van der Waals surface area contributed by atoms with Gasteiger partial charge in [-0.1, -0.05) is 11.6 Å². The van der Waals surface area contributed by atoms with Crippen LogP contribution in [0.2, 0.25) is 5.02 Å². The summed E-state index contributed by atoms with van der Waals surface area (Å²) in [5, 5.41) is 1.17. The molecule has 106 valence electrons. The maximum absolute atomic E-state index is 12.5. The van der Waals surface area contributed by atoms with E-state index in [4.69, 9.17) is 16.3 Å². The molecule has 0 spiro atoms. The highest BCUT2D eigenvalue weighted by Gasteiger charge is 2.16. The molecule has 0 bridgehead atoms. The molecule has 1 fully saturated rings. The first-order valence-electron chi connectivity index (χ1n) is 6.88. The number of aryl methyl sites for hydroxylation is 1. The third-order valence-corrected chi connectivity index (χ3v) is 4.01. The lowest BCUT2D eigenvalue weighted by molar-refractivity contribution is 0.0479. The number of ether oxygens (including phenoxy) is 1. The number of aromatic nitrogens is 2. The SMILES string of the molecule is Cc1cc(Cl)cc2c(=O)n(CC3CCCOC3)cnc12. The van der Waals surface area contributed by atoms with Crippen LogP contribution >= 0.6 is 11.6 Å². The first-order valence-corrected chi connectivity index (χ1v) is 7.26. The number of nitrogens with zero attached hydrogens (tertiary/aromatic N) is 2. The molecule has 1 aromatic carbocycles. The summed E-state index contributed by atoms with van der Waals surface area (Å²) >= 11 is 6.04. The number of benzene rings is 1. The van der Waals surface area contributed by atoms with Crippen molar-refractivity contribution in [1.29, 1.82) is 0 Å². The zero-order chi connectivity index (χ0) is 14.1. The molecule has 1 atom stereocenters. The number of hydrogen-bond acceptors (Lipinski definition) is 3. The van der Waals surface area contributed by atoms with E-state index >= 15 is 0 Å². The van der Waals surface area contributed by atoms with Crippen LogP contribution in [0.15, 0.2) is 23.3 Å². The predicted molar refractivity (Wildman–Crippen MR) is 79.3 cm³/mol. The van der Waals surface area contributed by atoms with Crippen molar-refractivity contribution in [2.75, 3.05) is 13.2 Å². The first-order chi connectivity index (χ1) is 9.65. The molecule has 4 nitrogen and oxygen atoms in total. The molecule has 1 unspecified atom stereocenters. The fourth-order valence-electron chi connectivity index (χ4n) is 2.76. The zero-order valence-electron chi connectivity index (χ0n) is 11.4. The van der Waals surface area contributed by atoms with Crippen molar-refractivity contribution < 1.29 is 4.74 Å². The van der Waals surface area contributed by atoms with Crippen LogP contribution in [0.5, 0.6) is 0 Å². The van der Waals surface area contributed by atoms with Crippen LogP contribution in [-0.4, -0.2) is 22.8 Å². The van der Waals surface area contributed by atoms with E-state index in [9.17, 15) is 4.79 Å². The van der Waals surface area contributed by atoms with E-state index in [0.717, 1.165) is 37.1 Å². The number of hydrogen-bond donors (Lipinski definition) is 0. The van der Waals surface area contributed by atoms with Crippen LogP contribution in [0.25, 0.3) is 10.9 Å². The monoisotopic (exact) mass is 292 g/mol. The minimum Gasteiger partial charge on any atom is -0.381 e. The van der Waals surface area contributed by atoms with Crippen molar-refractivity contribution in [2.45, 2.75) is 26.3 Å². The van der Waals surface area contributed by atoms with Gasteiger partial charge in [-0.3, -0.25) is 9.36 Å². The number of rotatable bonds is 2. The van der Waals surface area contributed by atoms with Crippen LogP contribution in [0.1, 0.15) is 18.4 Å². The van der Waals surface area contributed by atoms with Crippen molar-refractivity contribution in [1.82, 2.24) is 9.55 Å². The van der Waals surface area contributed by atoms with Crippen molar-refractivity contribution in [3.8, 4) is 0 Å². The molecule has 20 heavy (non-hydrogen) atoms. The molecule has 5 heteroatoms. The second-order valence-corrected chi connectivity index (χ2v) is 5.84. The lowest BCUT2D eigenvalue weighted by Crippen LogP contribution is -2.28. The Morgan fingerprint density at radius 2 is 2.35 bits per heavy atom. The number of fused-ring (bicyclic) bond motifs is 1. The fraction of sp³-hybridized carbons (Fsp3) is 0.467. The summed E-state index contributed by atoms with van der Waals surface area (Å²) in [6.07, 6.45) is 3.80. The average molecular weight is 293 g/mol. The van der Waals surface area contributed by atoms with Gasteiger partial charge in [0.1, 0.15) is 0 Å². The van der Waals surface area contributed by atoms with Gasteiger partial charge in [0.05, 0.1) is 23.8 Å². The molecule has 2 heterocycles. The lowest BCUT2D eigenvalue weighted by atomic mass is 10.0. The Labute approximate surface area is 122 Å². The van der Waals surface area contributed by atoms with Crippen molar-refractivity contribution in [3.05, 3.63) is 39.4 Å². The van der Waals surface area contributed by atoms with E-state index < -0.39 is 0 Å². The van der Waals surface area contributed by atoms with Crippen LogP contribution < -0.4 is 5.56 Å². The first kappa shape index (κ1) is 13.6. The summed E-state index contributed by atoms with van der Waals surface area (Å²) in [5.74, 6) is 0.390. The Bertz CT molecular complexity index is 690. The molecule has 0 radical (unpaired) electrons. The summed E-state index contributed by atoms with van der Waals surface area (Å²) in [5.41, 5.74) is 1.64. The van der Waals surface area contributed by atoms with E-state index in [1.165, 1.54) is 0 Å². The minimum absolute atomic E-state index is 0.0221. The average Bonchev–Trinajstić information content (AvgIpc) is 2.43. The topological polar surface area (TPSA) is 44.1 Å². The maximum Gasteiger partial charge on any atom is 0.261 e. The Kier molecular flexibility index (Phi) is 3.76. The summed E-state index contributed by atoms with van der Waals surface area (Å²) in [7, 11) is 0. The largest absolute Gasteiger partial charge is 0.381 e. The van der Waals surface area contributed by atoms with Gasteiger partial charge in [-0.2, -0.15) is 0 Å². The van der Waals surface area contributed by atoms with E-state index in [-0.39, 0.29) is 5.56 Å². The highest BCUT2D eigenvalue weighted by atomic mass is 35.5. The Hall–Kier alpha value is -1.39. The molecule has 1 aliphatic heterocycles. The highest BCUT2D eigenvalue weighted by molar-refractivity contribution is 6.31. The quantitative estimate of drug-likeness (QED) is 0.855. The second-order valence-electron chi connectivity index (χ2n) is 5.40. The van der Waals surface area contributed by atoms with Crippen molar-refractivity contribution in [3.63, 3.8) is 0 Å². The third-order valence-electron chi connectivity index (χ3n) is 3.79. The van der Waals surface area contributed by atoms with E-state index in [2.05, 4.69) is 4.98 Å². The standard InChI is InChI=1S/C15H17ClN2O2/c1-10-5-12(16)6-13-14(10)17-9-18(15(13)19)7-11-3-2-4-20-8-11/h5-6,9,11H,2-4,7-8H2,1H3. The molecule has 1 aromatic heterocycles. The van der Waals surface area contributed by atoms with Gasteiger partial charge in [-0.15, -0.1) is 0 Å². The molecule has 1 saturated heterocycles. The molecule has 2 aromatic rings. The van der Waals surface area contributed by atoms with Gasteiger partial charge in [0.15, 0.2) is 0 Å². The van der Waals surface area contributed by atoms with Crippen molar-refractivity contribution in [2.24, 2.45) is 5.92 Å². The minimum atomic E-state index is -0.0221. The smallest absolute Gasteiger partial charge is 0.261 e. The fourth-order valence-corrected chi connectivity index (χ4v) is 3.04. The molecule has 0 aliphatic carbocycles. The van der Waals surface area contributed by atoms with Gasteiger partial charge in [0, 0.05) is 24.1 Å². The van der Waals surface area contributed by atoms with Crippen LogP contribution in [0.4, 0.5) is 0 Å². The lowest BCUT2D eigenvalue weighted by Gasteiger charge is -2.22. The molecule has 0 N–H and O–H groups in total. The second kappa shape index (κ2) is 5.54. The van der Waals surface area contributed by atoms with E-state index in [1.54, 1.807) is 17.0 Å². The van der Waals surface area contributed by atoms with Gasteiger partial charge in [-0.25, -0.2) is 4.98 Å². The normalized spacial score (nSPS) is 19.4. The number of halogens is 1. The summed E-state index contributed by atoms with van der Waals surface area (Å²) in [6, 6.07) is 3.53. The van der Waals surface area contributed by atoms with Crippen LogP contribution in [0.3, 0.4) is 0 Å². The van der Waals surface area contributed by atoms with Gasteiger partial charge < -0.3 is 4.74 Å². The Morgan fingerprint density at radius 3 is 3.10 bits per heavy atom. The molecule has 0 amide bonds.